The molecular weight excluding hydrogens is 254 g/mol. The monoisotopic (exact) mass is 283 g/mol. The highest BCUT2D eigenvalue weighted by atomic mass is 16.5. The summed E-state index contributed by atoms with van der Waals surface area (Å²) < 4.78 is 17.1. The predicted octanol–water partition coefficient (Wildman–Crippen LogP) is 2.12. The molecule has 20 heavy (non-hydrogen) atoms. The van der Waals surface area contributed by atoms with Crippen molar-refractivity contribution in [3.8, 4) is 0 Å². The number of ether oxygens (including phenoxy) is 3. The van der Waals surface area contributed by atoms with Crippen LogP contribution in [0, 0.1) is 5.41 Å². The van der Waals surface area contributed by atoms with E-state index < -0.39 is 0 Å². The highest BCUT2D eigenvalue weighted by Gasteiger charge is 2.39. The molecule has 3 aliphatic heterocycles. The second-order valence-corrected chi connectivity index (χ2v) is 7.14. The minimum absolute atomic E-state index is 0.102. The first-order valence-corrected chi connectivity index (χ1v) is 8.23. The molecule has 3 rings (SSSR count). The van der Waals surface area contributed by atoms with Crippen molar-refractivity contribution in [2.45, 2.75) is 57.1 Å². The minimum atomic E-state index is 0.102. The summed E-state index contributed by atoms with van der Waals surface area (Å²) in [5.74, 6) is 0. The van der Waals surface area contributed by atoms with Crippen LogP contribution in [0.2, 0.25) is 0 Å². The summed E-state index contributed by atoms with van der Waals surface area (Å²) in [5.41, 5.74) is 0.518. The maximum Gasteiger partial charge on any atom is 0.0741 e. The zero-order valence-corrected chi connectivity index (χ0v) is 12.8. The summed E-state index contributed by atoms with van der Waals surface area (Å²) in [6.45, 7) is 7.99. The maximum absolute atomic E-state index is 6.11. The molecule has 3 aliphatic rings. The molecule has 4 heteroatoms. The van der Waals surface area contributed by atoms with E-state index in [2.05, 4.69) is 12.2 Å². The van der Waals surface area contributed by atoms with E-state index in [0.717, 1.165) is 65.3 Å². The zero-order chi connectivity index (χ0) is 13.9. The number of nitrogens with one attached hydrogen (secondary N) is 1. The molecule has 116 valence electrons. The van der Waals surface area contributed by atoms with Crippen molar-refractivity contribution >= 4 is 0 Å². The van der Waals surface area contributed by atoms with Crippen LogP contribution in [-0.4, -0.2) is 51.2 Å². The molecule has 4 nitrogen and oxygen atoms in total. The Kier molecular flexibility index (Phi) is 4.65. The minimum Gasteiger partial charge on any atom is -0.381 e. The van der Waals surface area contributed by atoms with E-state index in [1.54, 1.807) is 0 Å². The molecule has 0 aromatic carbocycles. The fourth-order valence-electron chi connectivity index (χ4n) is 3.73. The smallest absolute Gasteiger partial charge is 0.0741 e. The standard InChI is InChI=1S/C16H29NO3/c1-15(3-8-18-9-4-15)13-17-14-2-7-20-16(12-14)5-10-19-11-6-16/h14,17H,2-13H2,1H3. The number of hydrogen-bond acceptors (Lipinski definition) is 4. The van der Waals surface area contributed by atoms with Gasteiger partial charge in [-0.2, -0.15) is 0 Å². The van der Waals surface area contributed by atoms with Gasteiger partial charge in [0.25, 0.3) is 0 Å². The summed E-state index contributed by atoms with van der Waals surface area (Å²) in [4.78, 5) is 0. The van der Waals surface area contributed by atoms with Gasteiger partial charge in [0.1, 0.15) is 0 Å². The van der Waals surface area contributed by atoms with Crippen LogP contribution in [0.4, 0.5) is 0 Å². The summed E-state index contributed by atoms with van der Waals surface area (Å²) in [6, 6.07) is 0.613. The molecule has 0 aliphatic carbocycles. The van der Waals surface area contributed by atoms with Crippen molar-refractivity contribution in [1.82, 2.24) is 5.32 Å². The lowest BCUT2D eigenvalue weighted by molar-refractivity contribution is -0.141. The molecule has 0 radical (unpaired) electrons. The van der Waals surface area contributed by atoms with Crippen LogP contribution in [0.1, 0.15) is 45.4 Å². The van der Waals surface area contributed by atoms with E-state index in [1.807, 2.05) is 0 Å². The van der Waals surface area contributed by atoms with Crippen molar-refractivity contribution in [3.63, 3.8) is 0 Å². The quantitative estimate of drug-likeness (QED) is 0.861. The van der Waals surface area contributed by atoms with Crippen LogP contribution >= 0.6 is 0 Å². The van der Waals surface area contributed by atoms with E-state index in [0.29, 0.717) is 11.5 Å². The molecule has 0 aromatic heterocycles. The second kappa shape index (κ2) is 6.30. The van der Waals surface area contributed by atoms with Crippen molar-refractivity contribution in [2.75, 3.05) is 39.6 Å². The van der Waals surface area contributed by atoms with Gasteiger partial charge in [-0.1, -0.05) is 6.92 Å². The molecule has 1 unspecified atom stereocenters. The molecule has 0 aromatic rings. The van der Waals surface area contributed by atoms with Gasteiger partial charge in [-0.15, -0.1) is 0 Å². The molecular formula is C16H29NO3. The maximum atomic E-state index is 6.11. The average molecular weight is 283 g/mol. The number of rotatable bonds is 3. The first kappa shape index (κ1) is 14.8. The molecule has 0 saturated carbocycles. The van der Waals surface area contributed by atoms with Crippen molar-refractivity contribution in [1.29, 1.82) is 0 Å². The van der Waals surface area contributed by atoms with Crippen LogP contribution in [-0.2, 0) is 14.2 Å². The van der Waals surface area contributed by atoms with Gasteiger partial charge in [0, 0.05) is 45.6 Å². The van der Waals surface area contributed by atoms with Crippen LogP contribution < -0.4 is 5.32 Å². The summed E-state index contributed by atoms with van der Waals surface area (Å²) >= 11 is 0. The molecule has 0 bridgehead atoms. The molecule has 1 atom stereocenters. The normalized spacial score (nSPS) is 33.1. The second-order valence-electron chi connectivity index (χ2n) is 7.14. The largest absolute Gasteiger partial charge is 0.381 e. The highest BCUT2D eigenvalue weighted by Crippen LogP contribution is 2.35. The van der Waals surface area contributed by atoms with E-state index in [1.165, 1.54) is 12.8 Å². The molecule has 3 fully saturated rings. The third kappa shape index (κ3) is 3.53. The fraction of sp³-hybridized carbons (Fsp3) is 1.00. The number of hydrogen-bond donors (Lipinski definition) is 1. The first-order chi connectivity index (χ1) is 9.70. The van der Waals surface area contributed by atoms with Crippen LogP contribution in [0.3, 0.4) is 0 Å². The van der Waals surface area contributed by atoms with Gasteiger partial charge in [-0.25, -0.2) is 0 Å². The van der Waals surface area contributed by atoms with E-state index >= 15 is 0 Å². The molecule has 3 saturated heterocycles. The van der Waals surface area contributed by atoms with Gasteiger partial charge in [0.2, 0.25) is 0 Å². The summed E-state index contributed by atoms with van der Waals surface area (Å²) in [7, 11) is 0. The zero-order valence-electron chi connectivity index (χ0n) is 12.8. The van der Waals surface area contributed by atoms with Gasteiger partial charge in [0.15, 0.2) is 0 Å². The lowest BCUT2D eigenvalue weighted by atomic mass is 9.80. The molecule has 3 heterocycles. The summed E-state index contributed by atoms with van der Waals surface area (Å²) in [6.07, 6.45) is 6.80. The Hall–Kier alpha value is -0.160. The van der Waals surface area contributed by atoms with Crippen molar-refractivity contribution < 1.29 is 14.2 Å². The van der Waals surface area contributed by atoms with Gasteiger partial charge >= 0.3 is 0 Å². The predicted molar refractivity (Wildman–Crippen MR) is 77.9 cm³/mol. The fourth-order valence-corrected chi connectivity index (χ4v) is 3.73. The highest BCUT2D eigenvalue weighted by molar-refractivity contribution is 4.92. The van der Waals surface area contributed by atoms with Gasteiger partial charge < -0.3 is 19.5 Å². The van der Waals surface area contributed by atoms with E-state index in [-0.39, 0.29) is 5.60 Å². The Bertz CT molecular complexity index is 303. The van der Waals surface area contributed by atoms with Gasteiger partial charge in [-0.05, 0) is 43.9 Å². The Labute approximate surface area is 122 Å². The Morgan fingerprint density at radius 1 is 0.950 bits per heavy atom. The first-order valence-electron chi connectivity index (χ1n) is 8.23. The Morgan fingerprint density at radius 3 is 2.30 bits per heavy atom. The summed E-state index contributed by atoms with van der Waals surface area (Å²) in [5, 5.41) is 3.83. The lowest BCUT2D eigenvalue weighted by Gasteiger charge is -2.44. The third-order valence-electron chi connectivity index (χ3n) is 5.41. The van der Waals surface area contributed by atoms with Gasteiger partial charge in [-0.3, -0.25) is 0 Å². The third-order valence-corrected chi connectivity index (χ3v) is 5.41. The van der Waals surface area contributed by atoms with Crippen LogP contribution in [0.5, 0.6) is 0 Å². The molecule has 0 amide bonds. The lowest BCUT2D eigenvalue weighted by Crippen LogP contribution is -2.51. The van der Waals surface area contributed by atoms with Gasteiger partial charge in [0.05, 0.1) is 5.60 Å². The van der Waals surface area contributed by atoms with Crippen molar-refractivity contribution in [3.05, 3.63) is 0 Å². The topological polar surface area (TPSA) is 39.7 Å². The Balaban J connectivity index is 1.49. The van der Waals surface area contributed by atoms with Crippen LogP contribution in [0.25, 0.3) is 0 Å². The van der Waals surface area contributed by atoms with Crippen molar-refractivity contribution in [2.24, 2.45) is 5.41 Å². The van der Waals surface area contributed by atoms with E-state index in [4.69, 9.17) is 14.2 Å². The molecule has 1 spiro atoms. The molecule has 1 N–H and O–H groups in total. The Morgan fingerprint density at radius 2 is 1.60 bits per heavy atom. The average Bonchev–Trinajstić information content (AvgIpc) is 2.47. The SMILES string of the molecule is CC1(CNC2CCOC3(CCOCC3)C2)CCOCC1. The van der Waals surface area contributed by atoms with E-state index in [9.17, 15) is 0 Å². The van der Waals surface area contributed by atoms with Crippen LogP contribution in [0.15, 0.2) is 0 Å².